The molecule has 1 amide bonds. The SMILES string of the molecule is O=C(Nc1ccc(Cl)c(C(F)(F)F)c1)[C@H](c1ccccc1)[NH+]1CCN(c2ccc(O)cc2)CC1. The van der Waals surface area contributed by atoms with E-state index in [1.54, 1.807) is 12.1 Å². The lowest BCUT2D eigenvalue weighted by Crippen LogP contribution is -3.16. The average Bonchev–Trinajstić information content (AvgIpc) is 2.81. The van der Waals surface area contributed by atoms with E-state index in [-0.39, 0.29) is 17.3 Å². The fourth-order valence-electron chi connectivity index (χ4n) is 4.26. The zero-order valence-electron chi connectivity index (χ0n) is 18.1. The first-order valence-electron chi connectivity index (χ1n) is 10.8. The maximum atomic E-state index is 13.4. The molecule has 1 saturated heterocycles. The van der Waals surface area contributed by atoms with E-state index in [0.29, 0.717) is 26.2 Å². The maximum Gasteiger partial charge on any atom is 0.417 e. The van der Waals surface area contributed by atoms with E-state index >= 15 is 0 Å². The summed E-state index contributed by atoms with van der Waals surface area (Å²) in [6, 6.07) is 19.0. The van der Waals surface area contributed by atoms with Crippen molar-refractivity contribution in [3.8, 4) is 5.75 Å². The molecule has 178 valence electrons. The topological polar surface area (TPSA) is 57.0 Å². The van der Waals surface area contributed by atoms with Gasteiger partial charge in [0.1, 0.15) is 5.75 Å². The Bertz CT molecular complexity index is 1130. The van der Waals surface area contributed by atoms with Gasteiger partial charge in [-0.25, -0.2) is 0 Å². The predicted octanol–water partition coefficient (Wildman–Crippen LogP) is 4.15. The number of amides is 1. The van der Waals surface area contributed by atoms with Crippen molar-refractivity contribution in [1.29, 1.82) is 0 Å². The minimum absolute atomic E-state index is 0.0461. The quantitative estimate of drug-likeness (QED) is 0.503. The van der Waals surface area contributed by atoms with Crippen LogP contribution in [0.1, 0.15) is 17.2 Å². The van der Waals surface area contributed by atoms with Gasteiger partial charge in [0, 0.05) is 16.9 Å². The number of nitrogens with zero attached hydrogens (tertiary/aromatic N) is 1. The summed E-state index contributed by atoms with van der Waals surface area (Å²) in [5.41, 5.74) is 0.833. The molecule has 0 saturated carbocycles. The molecule has 0 spiro atoms. The Morgan fingerprint density at radius 2 is 1.65 bits per heavy atom. The monoisotopic (exact) mass is 490 g/mol. The third kappa shape index (κ3) is 5.46. The van der Waals surface area contributed by atoms with Crippen LogP contribution in [0.5, 0.6) is 5.75 Å². The van der Waals surface area contributed by atoms with Crippen LogP contribution in [0.2, 0.25) is 5.02 Å². The fraction of sp³-hybridized carbons (Fsp3) is 0.240. The van der Waals surface area contributed by atoms with Crippen LogP contribution in [0.25, 0.3) is 0 Å². The Labute approximate surface area is 200 Å². The molecule has 3 N–H and O–H groups in total. The van der Waals surface area contributed by atoms with Gasteiger partial charge in [-0.2, -0.15) is 13.2 Å². The largest absolute Gasteiger partial charge is 0.508 e. The standard InChI is InChI=1S/C25H23ClF3N3O2/c26-22-11-6-18(16-21(22)25(27,28)29)30-24(34)23(17-4-2-1-3-5-17)32-14-12-31(13-15-32)19-7-9-20(33)10-8-19/h1-11,16,23,33H,12-15H2,(H,30,34)/p+1/t23-/m0/s1. The van der Waals surface area contributed by atoms with Crippen LogP contribution in [0.3, 0.4) is 0 Å². The zero-order chi connectivity index (χ0) is 24.3. The van der Waals surface area contributed by atoms with Crippen molar-refractivity contribution in [2.45, 2.75) is 12.2 Å². The van der Waals surface area contributed by atoms with E-state index in [1.165, 1.54) is 6.07 Å². The number of halogens is 4. The normalized spacial score (nSPS) is 15.7. The van der Waals surface area contributed by atoms with Gasteiger partial charge in [0.15, 0.2) is 6.04 Å². The lowest BCUT2D eigenvalue weighted by molar-refractivity contribution is -0.922. The second-order valence-corrected chi connectivity index (χ2v) is 8.59. The van der Waals surface area contributed by atoms with E-state index in [0.717, 1.165) is 28.3 Å². The summed E-state index contributed by atoms with van der Waals surface area (Å²) in [6.45, 7) is 2.69. The Balaban J connectivity index is 1.53. The van der Waals surface area contributed by atoms with Crippen LogP contribution >= 0.6 is 11.6 Å². The molecule has 0 bridgehead atoms. The smallest absolute Gasteiger partial charge is 0.417 e. The first kappa shape index (κ1) is 23.9. The van der Waals surface area contributed by atoms with Crippen LogP contribution in [0.4, 0.5) is 24.5 Å². The molecule has 1 aliphatic rings. The molecule has 9 heteroatoms. The first-order valence-corrected chi connectivity index (χ1v) is 11.2. The molecular formula is C25H24ClF3N3O2+. The minimum Gasteiger partial charge on any atom is -0.508 e. The molecule has 1 heterocycles. The van der Waals surface area contributed by atoms with Gasteiger partial charge >= 0.3 is 6.18 Å². The van der Waals surface area contributed by atoms with E-state index in [4.69, 9.17) is 11.6 Å². The van der Waals surface area contributed by atoms with Gasteiger partial charge in [-0.1, -0.05) is 41.9 Å². The van der Waals surface area contributed by atoms with E-state index < -0.39 is 22.8 Å². The summed E-state index contributed by atoms with van der Waals surface area (Å²) in [5.74, 6) is -0.181. The van der Waals surface area contributed by atoms with Crippen molar-refractivity contribution in [2.24, 2.45) is 0 Å². The molecular weight excluding hydrogens is 467 g/mol. The van der Waals surface area contributed by atoms with Crippen LogP contribution < -0.4 is 15.1 Å². The molecule has 0 aromatic heterocycles. The molecule has 5 nitrogen and oxygen atoms in total. The van der Waals surface area contributed by atoms with Gasteiger partial charge in [0.25, 0.3) is 5.91 Å². The second kappa shape index (κ2) is 9.95. The van der Waals surface area contributed by atoms with E-state index in [9.17, 15) is 23.1 Å². The minimum atomic E-state index is -4.62. The molecule has 1 aliphatic heterocycles. The fourth-order valence-corrected chi connectivity index (χ4v) is 4.48. The summed E-state index contributed by atoms with van der Waals surface area (Å²) < 4.78 is 39.8. The second-order valence-electron chi connectivity index (χ2n) is 8.19. The van der Waals surface area contributed by atoms with Crippen LogP contribution in [-0.4, -0.2) is 37.2 Å². The number of nitrogens with one attached hydrogen (secondary N) is 2. The van der Waals surface area contributed by atoms with Crippen molar-refractivity contribution in [3.63, 3.8) is 0 Å². The summed E-state index contributed by atoms with van der Waals surface area (Å²) in [6.07, 6.45) is -4.62. The van der Waals surface area contributed by atoms with Gasteiger partial charge in [-0.3, -0.25) is 4.79 Å². The number of carbonyl (C=O) groups excluding carboxylic acids is 1. The molecule has 0 unspecified atom stereocenters. The number of phenolic OH excluding ortho intramolecular Hbond substituents is 1. The summed E-state index contributed by atoms with van der Waals surface area (Å²) >= 11 is 5.72. The molecule has 1 fully saturated rings. The van der Waals surface area contributed by atoms with Gasteiger partial charge in [-0.05, 0) is 42.5 Å². The molecule has 4 rings (SSSR count). The van der Waals surface area contributed by atoms with Gasteiger partial charge in [0.05, 0.1) is 36.8 Å². The molecule has 0 aliphatic carbocycles. The third-order valence-corrected chi connectivity index (χ3v) is 6.29. The molecule has 0 radical (unpaired) electrons. The van der Waals surface area contributed by atoms with E-state index in [2.05, 4.69) is 10.2 Å². The van der Waals surface area contributed by atoms with Gasteiger partial charge in [-0.15, -0.1) is 0 Å². The Hall–Kier alpha value is -3.23. The van der Waals surface area contributed by atoms with Crippen molar-refractivity contribution in [3.05, 3.63) is 88.9 Å². The van der Waals surface area contributed by atoms with E-state index in [1.807, 2.05) is 42.5 Å². The molecule has 34 heavy (non-hydrogen) atoms. The molecule has 1 atom stereocenters. The predicted molar refractivity (Wildman–Crippen MR) is 125 cm³/mol. The number of alkyl halides is 3. The highest BCUT2D eigenvalue weighted by atomic mass is 35.5. The molecule has 3 aromatic carbocycles. The van der Waals surface area contributed by atoms with Crippen molar-refractivity contribution < 1.29 is 28.0 Å². The van der Waals surface area contributed by atoms with Crippen LogP contribution in [-0.2, 0) is 11.0 Å². The number of benzene rings is 3. The zero-order valence-corrected chi connectivity index (χ0v) is 18.9. The Kier molecular flexibility index (Phi) is 7.00. The lowest BCUT2D eigenvalue weighted by Gasteiger charge is -2.37. The Morgan fingerprint density at radius 1 is 1.00 bits per heavy atom. The summed E-state index contributed by atoms with van der Waals surface area (Å²) in [4.78, 5) is 16.6. The van der Waals surface area contributed by atoms with Crippen LogP contribution in [0, 0.1) is 0 Å². The van der Waals surface area contributed by atoms with Crippen LogP contribution in [0.15, 0.2) is 72.8 Å². The number of carbonyl (C=O) groups is 1. The number of aromatic hydroxyl groups is 1. The number of quaternary nitrogens is 1. The number of rotatable bonds is 5. The maximum absolute atomic E-state index is 13.4. The highest BCUT2D eigenvalue weighted by molar-refractivity contribution is 6.31. The third-order valence-electron chi connectivity index (χ3n) is 5.96. The Morgan fingerprint density at radius 3 is 2.26 bits per heavy atom. The number of phenols is 1. The average molecular weight is 491 g/mol. The van der Waals surface area contributed by atoms with Crippen molar-refractivity contribution in [1.82, 2.24) is 0 Å². The lowest BCUT2D eigenvalue weighted by atomic mass is 10.0. The molecule has 3 aromatic rings. The van der Waals surface area contributed by atoms with Gasteiger partial charge in [0.2, 0.25) is 0 Å². The number of hydrogen-bond donors (Lipinski definition) is 3. The number of piperazine rings is 1. The summed E-state index contributed by atoms with van der Waals surface area (Å²) in [7, 11) is 0. The number of anilines is 2. The van der Waals surface area contributed by atoms with Gasteiger partial charge < -0.3 is 20.2 Å². The van der Waals surface area contributed by atoms with Crippen molar-refractivity contribution >= 4 is 28.9 Å². The van der Waals surface area contributed by atoms with Crippen molar-refractivity contribution in [2.75, 3.05) is 36.4 Å². The number of hydrogen-bond acceptors (Lipinski definition) is 3. The summed E-state index contributed by atoms with van der Waals surface area (Å²) in [5, 5.41) is 11.8. The highest BCUT2D eigenvalue weighted by Gasteiger charge is 2.36. The highest BCUT2D eigenvalue weighted by Crippen LogP contribution is 2.36. The first-order chi connectivity index (χ1) is 16.2.